The van der Waals surface area contributed by atoms with Crippen molar-refractivity contribution in [1.82, 2.24) is 14.5 Å². The maximum absolute atomic E-state index is 13.0. The second-order valence-corrected chi connectivity index (χ2v) is 8.63. The van der Waals surface area contributed by atoms with Gasteiger partial charge < -0.3 is 9.30 Å². The van der Waals surface area contributed by atoms with Crippen LogP contribution in [0.1, 0.15) is 48.2 Å². The van der Waals surface area contributed by atoms with E-state index in [1.807, 2.05) is 54.3 Å². The number of aryl methyl sites for hydroxylation is 1. The first-order valence-electron chi connectivity index (χ1n) is 11.3. The van der Waals surface area contributed by atoms with Gasteiger partial charge in [0.25, 0.3) is 0 Å². The maximum Gasteiger partial charge on any atom is 0.168 e. The number of ether oxygens (including phenoxy) is 1. The SMILES string of the molecule is Cn1cncc1-c1ccc2cnc(CC(=O)c3cccc(OC4CCCCC4)c3)cc2c1. The monoisotopic (exact) mass is 425 g/mol. The van der Waals surface area contributed by atoms with Crippen molar-refractivity contribution in [3.05, 3.63) is 78.5 Å². The number of ketones is 1. The van der Waals surface area contributed by atoms with Crippen LogP contribution in [-0.4, -0.2) is 26.4 Å². The van der Waals surface area contributed by atoms with Crippen molar-refractivity contribution < 1.29 is 9.53 Å². The predicted molar refractivity (Wildman–Crippen MR) is 126 cm³/mol. The van der Waals surface area contributed by atoms with Crippen LogP contribution in [0.5, 0.6) is 5.75 Å². The van der Waals surface area contributed by atoms with Gasteiger partial charge in [-0.3, -0.25) is 9.78 Å². The van der Waals surface area contributed by atoms with Crippen molar-refractivity contribution in [3.8, 4) is 17.0 Å². The minimum Gasteiger partial charge on any atom is -0.490 e. The largest absolute Gasteiger partial charge is 0.490 e. The first kappa shape index (κ1) is 20.4. The molecule has 0 radical (unpaired) electrons. The molecule has 1 aliphatic rings. The van der Waals surface area contributed by atoms with E-state index in [1.165, 1.54) is 19.3 Å². The molecule has 0 N–H and O–H groups in total. The lowest BCUT2D eigenvalue weighted by Crippen LogP contribution is -2.19. The molecule has 0 atom stereocenters. The Bertz CT molecular complexity index is 1250. The van der Waals surface area contributed by atoms with E-state index in [0.29, 0.717) is 5.56 Å². The van der Waals surface area contributed by atoms with Gasteiger partial charge in [0.15, 0.2) is 5.78 Å². The Morgan fingerprint density at radius 2 is 1.91 bits per heavy atom. The summed E-state index contributed by atoms with van der Waals surface area (Å²) in [5.41, 5.74) is 3.58. The molecule has 1 aliphatic carbocycles. The van der Waals surface area contributed by atoms with E-state index >= 15 is 0 Å². The van der Waals surface area contributed by atoms with Crippen LogP contribution < -0.4 is 4.74 Å². The number of carbonyl (C=O) groups excluding carboxylic acids is 1. The lowest BCUT2D eigenvalue weighted by Gasteiger charge is -2.23. The number of hydrogen-bond donors (Lipinski definition) is 0. The summed E-state index contributed by atoms with van der Waals surface area (Å²) in [6, 6.07) is 15.8. The van der Waals surface area contributed by atoms with Gasteiger partial charge in [0.05, 0.1) is 30.7 Å². The normalized spacial score (nSPS) is 14.5. The van der Waals surface area contributed by atoms with Crippen LogP contribution in [0.25, 0.3) is 22.0 Å². The number of nitrogens with zero attached hydrogens (tertiary/aromatic N) is 3. The Morgan fingerprint density at radius 1 is 1.03 bits per heavy atom. The van der Waals surface area contributed by atoms with E-state index in [-0.39, 0.29) is 18.3 Å². The van der Waals surface area contributed by atoms with E-state index in [2.05, 4.69) is 28.2 Å². The Kier molecular flexibility index (Phi) is 5.71. The molecule has 0 unspecified atom stereocenters. The quantitative estimate of drug-likeness (QED) is 0.368. The van der Waals surface area contributed by atoms with Crippen LogP contribution in [-0.2, 0) is 13.5 Å². The van der Waals surface area contributed by atoms with Crippen LogP contribution in [0, 0.1) is 0 Å². The molecule has 1 fully saturated rings. The second-order valence-electron chi connectivity index (χ2n) is 8.63. The lowest BCUT2D eigenvalue weighted by atomic mass is 9.97. The summed E-state index contributed by atoms with van der Waals surface area (Å²) in [6.45, 7) is 0. The van der Waals surface area contributed by atoms with Gasteiger partial charge in [-0.25, -0.2) is 4.98 Å². The van der Waals surface area contributed by atoms with Gasteiger partial charge in [-0.2, -0.15) is 0 Å². The smallest absolute Gasteiger partial charge is 0.168 e. The van der Waals surface area contributed by atoms with Crippen molar-refractivity contribution in [1.29, 1.82) is 0 Å². The summed E-state index contributed by atoms with van der Waals surface area (Å²) in [5, 5.41) is 2.12. The molecule has 4 aromatic rings. The fourth-order valence-electron chi connectivity index (χ4n) is 4.46. The van der Waals surface area contributed by atoms with Crippen molar-refractivity contribution >= 4 is 16.6 Å². The van der Waals surface area contributed by atoms with Gasteiger partial charge >= 0.3 is 0 Å². The molecule has 0 spiro atoms. The number of imidazole rings is 1. The van der Waals surface area contributed by atoms with Gasteiger partial charge in [0, 0.05) is 35.5 Å². The molecule has 5 heteroatoms. The van der Waals surface area contributed by atoms with Crippen LogP contribution in [0.15, 0.2) is 67.3 Å². The van der Waals surface area contributed by atoms with Gasteiger partial charge in [0.2, 0.25) is 0 Å². The number of hydrogen-bond acceptors (Lipinski definition) is 4. The van der Waals surface area contributed by atoms with Gasteiger partial charge in [-0.15, -0.1) is 0 Å². The maximum atomic E-state index is 13.0. The highest BCUT2D eigenvalue weighted by molar-refractivity contribution is 5.98. The molecule has 0 saturated heterocycles. The first-order valence-corrected chi connectivity index (χ1v) is 11.3. The van der Waals surface area contributed by atoms with Crippen molar-refractivity contribution in [2.75, 3.05) is 0 Å². The molecular weight excluding hydrogens is 398 g/mol. The molecule has 2 aromatic heterocycles. The fourth-order valence-corrected chi connectivity index (χ4v) is 4.46. The van der Waals surface area contributed by atoms with E-state index in [9.17, 15) is 4.79 Å². The highest BCUT2D eigenvalue weighted by Crippen LogP contribution is 2.26. The number of fused-ring (bicyclic) bond motifs is 1. The fraction of sp³-hybridized carbons (Fsp3) is 0.296. The third-order valence-corrected chi connectivity index (χ3v) is 6.24. The number of rotatable bonds is 6. The van der Waals surface area contributed by atoms with Crippen LogP contribution >= 0.6 is 0 Å². The van der Waals surface area contributed by atoms with Crippen molar-refractivity contribution in [3.63, 3.8) is 0 Å². The summed E-state index contributed by atoms with van der Waals surface area (Å²) >= 11 is 0. The van der Waals surface area contributed by atoms with Gasteiger partial charge in [0.1, 0.15) is 5.75 Å². The molecule has 5 rings (SSSR count). The molecule has 2 aromatic carbocycles. The van der Waals surface area contributed by atoms with Crippen LogP contribution in [0.2, 0.25) is 0 Å². The predicted octanol–water partition coefficient (Wildman–Crippen LogP) is 5.77. The summed E-state index contributed by atoms with van der Waals surface area (Å²) in [4.78, 5) is 21.7. The highest BCUT2D eigenvalue weighted by atomic mass is 16.5. The zero-order valence-corrected chi connectivity index (χ0v) is 18.3. The van der Waals surface area contributed by atoms with Crippen molar-refractivity contribution in [2.45, 2.75) is 44.6 Å². The number of pyridine rings is 1. The van der Waals surface area contributed by atoms with Gasteiger partial charge in [-0.1, -0.05) is 30.7 Å². The molecular formula is C27H27N3O2. The molecule has 0 aliphatic heterocycles. The third kappa shape index (κ3) is 4.42. The minimum absolute atomic E-state index is 0.0498. The molecule has 0 bridgehead atoms. The van der Waals surface area contributed by atoms with Crippen LogP contribution in [0.4, 0.5) is 0 Å². The van der Waals surface area contributed by atoms with Gasteiger partial charge in [-0.05, 0) is 55.3 Å². The van der Waals surface area contributed by atoms with E-state index in [0.717, 1.165) is 46.3 Å². The first-order chi connectivity index (χ1) is 15.7. The van der Waals surface area contributed by atoms with E-state index < -0.39 is 0 Å². The average Bonchev–Trinajstić information content (AvgIpc) is 3.25. The van der Waals surface area contributed by atoms with E-state index in [1.54, 1.807) is 6.33 Å². The summed E-state index contributed by atoms with van der Waals surface area (Å²) in [6.07, 6.45) is 12.0. The number of benzene rings is 2. The second kappa shape index (κ2) is 8.95. The third-order valence-electron chi connectivity index (χ3n) is 6.24. The zero-order valence-electron chi connectivity index (χ0n) is 18.3. The lowest BCUT2D eigenvalue weighted by molar-refractivity contribution is 0.0990. The molecule has 32 heavy (non-hydrogen) atoms. The molecule has 0 amide bonds. The topological polar surface area (TPSA) is 57.0 Å². The highest BCUT2D eigenvalue weighted by Gasteiger charge is 2.16. The average molecular weight is 426 g/mol. The number of Topliss-reactive ketones (excluding diaryl/α,β-unsaturated/α-hetero) is 1. The standard InChI is InChI=1S/C27H27N3O2/c1-30-18-28-17-26(30)19-10-11-21-16-29-23(13-22(21)12-19)15-27(31)20-6-5-9-25(14-20)32-24-7-3-2-4-8-24/h5-6,9-14,16-18,24H,2-4,7-8,15H2,1H3. The summed E-state index contributed by atoms with van der Waals surface area (Å²) in [5.74, 6) is 0.837. The van der Waals surface area contributed by atoms with E-state index in [4.69, 9.17) is 4.74 Å². The Hall–Kier alpha value is -3.47. The number of carbonyl (C=O) groups is 1. The molecule has 5 nitrogen and oxygen atoms in total. The Labute approximate surface area is 188 Å². The van der Waals surface area contributed by atoms with Crippen molar-refractivity contribution in [2.24, 2.45) is 7.05 Å². The summed E-state index contributed by atoms with van der Waals surface area (Å²) in [7, 11) is 1.98. The molecule has 162 valence electrons. The number of aromatic nitrogens is 3. The Balaban J connectivity index is 1.34. The van der Waals surface area contributed by atoms with Crippen LogP contribution in [0.3, 0.4) is 0 Å². The zero-order chi connectivity index (χ0) is 21.9. The summed E-state index contributed by atoms with van der Waals surface area (Å²) < 4.78 is 8.13. The molecule has 1 saturated carbocycles. The Morgan fingerprint density at radius 3 is 2.72 bits per heavy atom. The molecule has 2 heterocycles. The minimum atomic E-state index is 0.0498.